The first kappa shape index (κ1) is 22.4. The minimum Gasteiger partial charge on any atom is -0.465 e. The van der Waals surface area contributed by atoms with Gasteiger partial charge in [0.2, 0.25) is 15.9 Å². The molecule has 2 aromatic carbocycles. The molecule has 0 fully saturated rings. The predicted octanol–water partition coefficient (Wildman–Crippen LogP) is 3.27. The molecule has 0 saturated carbocycles. The van der Waals surface area contributed by atoms with Crippen molar-refractivity contribution >= 4 is 33.3 Å². The van der Waals surface area contributed by atoms with Gasteiger partial charge in [-0.2, -0.15) is 0 Å². The molecule has 0 radical (unpaired) electrons. The molecule has 0 unspecified atom stereocenters. The summed E-state index contributed by atoms with van der Waals surface area (Å²) < 4.78 is 30.9. The van der Waals surface area contributed by atoms with E-state index >= 15 is 0 Å². The van der Waals surface area contributed by atoms with E-state index in [0.29, 0.717) is 22.5 Å². The highest BCUT2D eigenvalue weighted by Gasteiger charge is 2.31. The van der Waals surface area contributed by atoms with Crippen LogP contribution < -0.4 is 9.62 Å². The van der Waals surface area contributed by atoms with E-state index in [9.17, 15) is 18.0 Å². The maximum absolute atomic E-state index is 13.0. The Balaban J connectivity index is 2.41. The van der Waals surface area contributed by atoms with Crippen molar-refractivity contribution in [3.8, 4) is 0 Å². The van der Waals surface area contributed by atoms with Gasteiger partial charge in [-0.25, -0.2) is 13.2 Å². The molecule has 29 heavy (non-hydrogen) atoms. The zero-order valence-corrected chi connectivity index (χ0v) is 18.0. The second-order valence-corrected chi connectivity index (χ2v) is 8.64. The Morgan fingerprint density at radius 3 is 2.24 bits per heavy atom. The summed E-state index contributed by atoms with van der Waals surface area (Å²) >= 11 is 0. The molecule has 0 aliphatic rings. The third-order valence-corrected chi connectivity index (χ3v) is 5.80. The molecule has 8 heteroatoms. The summed E-state index contributed by atoms with van der Waals surface area (Å²) in [7, 11) is -2.43. The Labute approximate surface area is 171 Å². The zero-order valence-electron chi connectivity index (χ0n) is 17.2. The number of aryl methyl sites for hydroxylation is 1. The van der Waals surface area contributed by atoms with Crippen molar-refractivity contribution in [2.45, 2.75) is 33.2 Å². The van der Waals surface area contributed by atoms with Crippen molar-refractivity contribution in [1.82, 2.24) is 0 Å². The second kappa shape index (κ2) is 9.09. The number of methoxy groups -OCH3 is 1. The van der Waals surface area contributed by atoms with Crippen LogP contribution in [0, 0.1) is 13.8 Å². The molecule has 0 saturated heterocycles. The quantitative estimate of drug-likeness (QED) is 0.697. The first-order valence-electron chi connectivity index (χ1n) is 9.15. The van der Waals surface area contributed by atoms with Gasteiger partial charge in [-0.1, -0.05) is 30.7 Å². The molecule has 0 bridgehead atoms. The monoisotopic (exact) mass is 418 g/mol. The van der Waals surface area contributed by atoms with Gasteiger partial charge in [0.15, 0.2) is 0 Å². The third-order valence-electron chi connectivity index (χ3n) is 4.62. The number of ether oxygens (including phenoxy) is 1. The maximum atomic E-state index is 13.0. The van der Waals surface area contributed by atoms with E-state index in [1.165, 1.54) is 7.11 Å². The number of carbonyl (C=O) groups excluding carboxylic acids is 2. The highest BCUT2D eigenvalue weighted by Crippen LogP contribution is 2.25. The molecule has 1 amide bonds. The Morgan fingerprint density at radius 1 is 1.10 bits per heavy atom. The lowest BCUT2D eigenvalue weighted by Gasteiger charge is -2.30. The van der Waals surface area contributed by atoms with Crippen molar-refractivity contribution in [2.24, 2.45) is 0 Å². The van der Waals surface area contributed by atoms with Gasteiger partial charge in [0.25, 0.3) is 0 Å². The standard InChI is InChI=1S/C21H26N2O5S/c1-6-19(23(29(5,26)27)16-12-10-14(2)11-13-16)20(24)22-18-9-7-8-17(15(18)3)21(25)28-4/h7-13,19H,6H2,1-5H3,(H,22,24)/t19-/m1/s1. The van der Waals surface area contributed by atoms with E-state index in [1.807, 2.05) is 6.92 Å². The van der Waals surface area contributed by atoms with Crippen LogP contribution >= 0.6 is 0 Å². The first-order chi connectivity index (χ1) is 13.6. The number of amides is 1. The Hall–Kier alpha value is -2.87. The summed E-state index contributed by atoms with van der Waals surface area (Å²) in [5.41, 5.74) is 2.70. The van der Waals surface area contributed by atoms with Crippen LogP contribution in [-0.4, -0.2) is 39.7 Å². The largest absolute Gasteiger partial charge is 0.465 e. The first-order valence-corrected chi connectivity index (χ1v) is 11.0. The van der Waals surface area contributed by atoms with Crippen LogP contribution in [0.3, 0.4) is 0 Å². The van der Waals surface area contributed by atoms with Crippen molar-refractivity contribution in [1.29, 1.82) is 0 Å². The number of benzene rings is 2. The van der Waals surface area contributed by atoms with E-state index in [4.69, 9.17) is 4.74 Å². The lowest BCUT2D eigenvalue weighted by molar-refractivity contribution is -0.117. The van der Waals surface area contributed by atoms with Crippen LogP contribution in [0.1, 0.15) is 34.8 Å². The number of hydrogen-bond donors (Lipinski definition) is 1. The van der Waals surface area contributed by atoms with Gasteiger partial charge in [-0.3, -0.25) is 9.10 Å². The van der Waals surface area contributed by atoms with Crippen molar-refractivity contribution in [2.75, 3.05) is 23.0 Å². The summed E-state index contributed by atoms with van der Waals surface area (Å²) in [5, 5.41) is 2.76. The van der Waals surface area contributed by atoms with E-state index in [1.54, 1.807) is 56.3 Å². The molecule has 1 N–H and O–H groups in total. The average Bonchev–Trinajstić information content (AvgIpc) is 2.67. The number of rotatable bonds is 7. The van der Waals surface area contributed by atoms with Crippen LogP contribution in [0.25, 0.3) is 0 Å². The molecule has 7 nitrogen and oxygen atoms in total. The number of nitrogens with one attached hydrogen (secondary N) is 1. The average molecular weight is 419 g/mol. The molecule has 0 heterocycles. The Kier molecular flexibility index (Phi) is 7.02. The third kappa shape index (κ3) is 5.14. The molecule has 0 spiro atoms. The molecule has 0 aromatic heterocycles. The SMILES string of the molecule is CC[C@H](C(=O)Nc1cccc(C(=O)OC)c1C)N(c1ccc(C)cc1)S(C)(=O)=O. The van der Waals surface area contributed by atoms with Gasteiger partial charge >= 0.3 is 5.97 Å². The summed E-state index contributed by atoms with van der Waals surface area (Å²) in [6.45, 7) is 5.33. The van der Waals surface area contributed by atoms with Crippen molar-refractivity contribution in [3.63, 3.8) is 0 Å². The van der Waals surface area contributed by atoms with Crippen LogP contribution in [-0.2, 0) is 19.6 Å². The van der Waals surface area contributed by atoms with Crippen LogP contribution in [0.4, 0.5) is 11.4 Å². The molecule has 2 aromatic rings. The topological polar surface area (TPSA) is 92.8 Å². The van der Waals surface area contributed by atoms with E-state index in [-0.39, 0.29) is 6.42 Å². The van der Waals surface area contributed by atoms with Crippen molar-refractivity contribution in [3.05, 3.63) is 59.2 Å². The van der Waals surface area contributed by atoms with Gasteiger partial charge in [0.05, 0.1) is 24.6 Å². The fourth-order valence-electron chi connectivity index (χ4n) is 3.07. The van der Waals surface area contributed by atoms with E-state index in [2.05, 4.69) is 5.32 Å². The normalized spacial score (nSPS) is 12.2. The Bertz CT molecular complexity index is 1000. The number of anilines is 2. The number of esters is 1. The maximum Gasteiger partial charge on any atom is 0.338 e. The molecule has 0 aliphatic heterocycles. The van der Waals surface area contributed by atoms with Gasteiger partial charge in [0, 0.05) is 5.69 Å². The van der Waals surface area contributed by atoms with E-state index < -0.39 is 27.9 Å². The fraction of sp³-hybridized carbons (Fsp3) is 0.333. The fourth-order valence-corrected chi connectivity index (χ4v) is 4.28. The molecule has 2 rings (SSSR count). The summed E-state index contributed by atoms with van der Waals surface area (Å²) in [4.78, 5) is 24.9. The van der Waals surface area contributed by atoms with Crippen LogP contribution in [0.15, 0.2) is 42.5 Å². The van der Waals surface area contributed by atoms with Crippen LogP contribution in [0.5, 0.6) is 0 Å². The molecular formula is C21H26N2O5S. The lowest BCUT2D eigenvalue weighted by Crippen LogP contribution is -2.47. The highest BCUT2D eigenvalue weighted by atomic mass is 32.2. The molecule has 1 atom stereocenters. The van der Waals surface area contributed by atoms with E-state index in [0.717, 1.165) is 16.1 Å². The minimum atomic E-state index is -3.72. The second-order valence-electron chi connectivity index (χ2n) is 6.78. The number of nitrogens with zero attached hydrogens (tertiary/aromatic N) is 1. The summed E-state index contributed by atoms with van der Waals surface area (Å²) in [6.07, 6.45) is 1.34. The highest BCUT2D eigenvalue weighted by molar-refractivity contribution is 7.92. The van der Waals surface area contributed by atoms with Gasteiger partial charge < -0.3 is 10.1 Å². The summed E-state index contributed by atoms with van der Waals surface area (Å²) in [5.74, 6) is -0.994. The molecule has 0 aliphatic carbocycles. The minimum absolute atomic E-state index is 0.266. The smallest absolute Gasteiger partial charge is 0.338 e. The predicted molar refractivity (Wildman–Crippen MR) is 114 cm³/mol. The zero-order chi connectivity index (χ0) is 21.8. The van der Waals surface area contributed by atoms with Crippen LogP contribution in [0.2, 0.25) is 0 Å². The van der Waals surface area contributed by atoms with Crippen molar-refractivity contribution < 1.29 is 22.7 Å². The molecule has 156 valence electrons. The summed E-state index contributed by atoms with van der Waals surface area (Å²) in [6, 6.07) is 10.9. The van der Waals surface area contributed by atoms with Gasteiger partial charge in [-0.05, 0) is 50.1 Å². The van der Waals surface area contributed by atoms with Gasteiger partial charge in [0.1, 0.15) is 6.04 Å². The number of carbonyl (C=O) groups is 2. The number of sulfonamides is 1. The Morgan fingerprint density at radius 2 is 1.72 bits per heavy atom. The number of hydrogen-bond acceptors (Lipinski definition) is 5. The van der Waals surface area contributed by atoms with Gasteiger partial charge in [-0.15, -0.1) is 0 Å². The molecular weight excluding hydrogens is 392 g/mol. The lowest BCUT2D eigenvalue weighted by atomic mass is 10.1.